The lowest BCUT2D eigenvalue weighted by Crippen LogP contribution is -2.08. The van der Waals surface area contributed by atoms with Crippen LogP contribution in [0.15, 0.2) is 168 Å². The van der Waals surface area contributed by atoms with Crippen LogP contribution in [0.2, 0.25) is 0 Å². The van der Waals surface area contributed by atoms with Crippen LogP contribution in [0.3, 0.4) is 0 Å². The van der Waals surface area contributed by atoms with Crippen molar-refractivity contribution in [1.29, 1.82) is 0 Å². The molecule has 0 aliphatic heterocycles. The number of hydrogen-bond acceptors (Lipinski definition) is 4. The average Bonchev–Trinajstić information content (AvgIpc) is 3.63. The van der Waals surface area contributed by atoms with Gasteiger partial charge in [-0.3, -0.25) is 0 Å². The maximum Gasteiger partial charge on any atom is 0.164 e. The van der Waals surface area contributed by atoms with E-state index in [-0.39, 0.29) is 0 Å². The standard InChI is InChI=1S/C49H35N3O/c1-3-12-32(13-4-1)33-24-30-38(31-25-33)48-50-47(37-15-5-2-6-16-37)51-49(52-48)43-22-11-23-44-45(43)42-21-10-20-41(46(42)53-44)36-28-26-35(27-29-36)40-19-9-17-34-14-7-8-18-39(34)40/h1,3-5,7-10,12-22,24-31H,2,6,11,23H2. The number of aromatic nitrogens is 3. The van der Waals surface area contributed by atoms with Crippen molar-refractivity contribution in [2.75, 3.05) is 0 Å². The largest absolute Gasteiger partial charge is 0.460 e. The van der Waals surface area contributed by atoms with Crippen molar-refractivity contribution in [2.24, 2.45) is 0 Å². The molecule has 0 bridgehead atoms. The molecule has 10 rings (SSSR count). The lowest BCUT2D eigenvalue weighted by atomic mass is 9.92. The molecule has 6 aromatic carbocycles. The van der Waals surface area contributed by atoms with Crippen molar-refractivity contribution in [3.63, 3.8) is 0 Å². The molecule has 0 atom stereocenters. The van der Waals surface area contributed by atoms with Crippen LogP contribution in [-0.4, -0.2) is 15.0 Å². The van der Waals surface area contributed by atoms with Crippen LogP contribution in [0.4, 0.5) is 0 Å². The number of allylic oxidation sites excluding steroid dienone is 5. The molecular weight excluding hydrogens is 647 g/mol. The molecule has 0 spiro atoms. The van der Waals surface area contributed by atoms with Gasteiger partial charge in [-0.25, -0.2) is 15.0 Å². The van der Waals surface area contributed by atoms with Gasteiger partial charge < -0.3 is 4.42 Å². The van der Waals surface area contributed by atoms with Gasteiger partial charge in [0.05, 0.1) is 0 Å². The van der Waals surface area contributed by atoms with Gasteiger partial charge in [-0.15, -0.1) is 0 Å². The quantitative estimate of drug-likeness (QED) is 0.175. The molecule has 0 N–H and O–H groups in total. The highest BCUT2D eigenvalue weighted by molar-refractivity contribution is 6.03. The summed E-state index contributed by atoms with van der Waals surface area (Å²) >= 11 is 0. The smallest absolute Gasteiger partial charge is 0.164 e. The molecule has 0 fully saturated rings. The van der Waals surface area contributed by atoms with Gasteiger partial charge in [0.15, 0.2) is 17.5 Å². The Morgan fingerprint density at radius 1 is 0.453 bits per heavy atom. The molecular formula is C49H35N3O. The highest BCUT2D eigenvalue weighted by Crippen LogP contribution is 2.42. The molecule has 0 amide bonds. The lowest BCUT2D eigenvalue weighted by Gasteiger charge is -2.15. The van der Waals surface area contributed by atoms with E-state index in [2.05, 4.69) is 158 Å². The van der Waals surface area contributed by atoms with Crippen LogP contribution in [0.1, 0.15) is 42.2 Å². The molecule has 0 saturated carbocycles. The fourth-order valence-corrected chi connectivity index (χ4v) is 7.80. The topological polar surface area (TPSA) is 51.8 Å². The SMILES string of the molecule is C1=CC(c2nc(C3=CCCc4oc5c(-c6ccc(-c7cccc8ccccc78)cc6)cccc5c43)nc(-c3ccc(-c4ccccc4)cc3)n2)=CCC1. The van der Waals surface area contributed by atoms with E-state index in [4.69, 9.17) is 19.4 Å². The number of fused-ring (bicyclic) bond motifs is 4. The Labute approximate surface area is 308 Å². The third-order valence-corrected chi connectivity index (χ3v) is 10.5. The number of nitrogens with zero attached hydrogens (tertiary/aromatic N) is 3. The molecule has 2 aliphatic rings. The first kappa shape index (κ1) is 31.1. The molecule has 2 aliphatic carbocycles. The van der Waals surface area contributed by atoms with Crippen molar-refractivity contribution in [3.05, 3.63) is 187 Å². The van der Waals surface area contributed by atoms with Crippen LogP contribution in [-0.2, 0) is 6.42 Å². The molecule has 0 unspecified atom stereocenters. The molecule has 0 radical (unpaired) electrons. The Morgan fingerprint density at radius 3 is 1.92 bits per heavy atom. The van der Waals surface area contributed by atoms with E-state index < -0.39 is 0 Å². The first-order chi connectivity index (χ1) is 26.3. The summed E-state index contributed by atoms with van der Waals surface area (Å²) in [6, 6.07) is 49.3. The minimum atomic E-state index is 0.664. The summed E-state index contributed by atoms with van der Waals surface area (Å²) in [6.07, 6.45) is 12.5. The van der Waals surface area contributed by atoms with Crippen molar-refractivity contribution in [2.45, 2.75) is 25.7 Å². The predicted molar refractivity (Wildman–Crippen MR) is 217 cm³/mol. The minimum absolute atomic E-state index is 0.664. The fourth-order valence-electron chi connectivity index (χ4n) is 7.80. The molecule has 4 heteroatoms. The number of aryl methyl sites for hydroxylation is 1. The molecule has 252 valence electrons. The van der Waals surface area contributed by atoms with Gasteiger partial charge >= 0.3 is 0 Å². The summed E-state index contributed by atoms with van der Waals surface area (Å²) in [5.41, 5.74) is 11.9. The normalized spacial score (nSPS) is 13.9. The van der Waals surface area contributed by atoms with Crippen LogP contribution in [0.5, 0.6) is 0 Å². The summed E-state index contributed by atoms with van der Waals surface area (Å²) < 4.78 is 6.78. The number of hydrogen-bond donors (Lipinski definition) is 0. The molecule has 0 saturated heterocycles. The monoisotopic (exact) mass is 681 g/mol. The van der Waals surface area contributed by atoms with Gasteiger partial charge in [0.2, 0.25) is 0 Å². The van der Waals surface area contributed by atoms with Gasteiger partial charge in [0, 0.05) is 39.6 Å². The second-order valence-electron chi connectivity index (χ2n) is 13.7. The zero-order chi connectivity index (χ0) is 35.1. The van der Waals surface area contributed by atoms with Crippen molar-refractivity contribution < 1.29 is 4.42 Å². The van der Waals surface area contributed by atoms with Gasteiger partial charge in [-0.05, 0) is 57.9 Å². The van der Waals surface area contributed by atoms with Crippen LogP contribution >= 0.6 is 0 Å². The Kier molecular flexibility index (Phi) is 7.72. The van der Waals surface area contributed by atoms with Crippen molar-refractivity contribution in [3.8, 4) is 44.8 Å². The summed E-state index contributed by atoms with van der Waals surface area (Å²) in [7, 11) is 0. The second-order valence-corrected chi connectivity index (χ2v) is 13.7. The second kappa shape index (κ2) is 13.2. The summed E-state index contributed by atoms with van der Waals surface area (Å²) in [4.78, 5) is 15.4. The molecule has 2 heterocycles. The van der Waals surface area contributed by atoms with Crippen LogP contribution in [0, 0.1) is 0 Å². The maximum atomic E-state index is 6.78. The first-order valence-electron chi connectivity index (χ1n) is 18.4. The summed E-state index contributed by atoms with van der Waals surface area (Å²) in [6.45, 7) is 0. The van der Waals surface area contributed by atoms with E-state index in [1.165, 1.54) is 27.5 Å². The van der Waals surface area contributed by atoms with E-state index in [9.17, 15) is 0 Å². The summed E-state index contributed by atoms with van der Waals surface area (Å²) in [5.74, 6) is 3.01. The average molecular weight is 682 g/mol. The summed E-state index contributed by atoms with van der Waals surface area (Å²) in [5, 5.41) is 3.58. The van der Waals surface area contributed by atoms with Gasteiger partial charge in [0.1, 0.15) is 11.3 Å². The third kappa shape index (κ3) is 5.69. The highest BCUT2D eigenvalue weighted by Gasteiger charge is 2.26. The van der Waals surface area contributed by atoms with Gasteiger partial charge in [-0.2, -0.15) is 0 Å². The Hall–Kier alpha value is -6.65. The number of rotatable bonds is 6. The van der Waals surface area contributed by atoms with E-state index in [0.29, 0.717) is 17.5 Å². The third-order valence-electron chi connectivity index (χ3n) is 10.5. The minimum Gasteiger partial charge on any atom is -0.460 e. The predicted octanol–water partition coefficient (Wildman–Crippen LogP) is 12.6. The van der Waals surface area contributed by atoms with Gasteiger partial charge in [-0.1, -0.05) is 164 Å². The van der Waals surface area contributed by atoms with E-state index in [1.807, 2.05) is 6.07 Å². The Bertz CT molecular complexity index is 2750. The Morgan fingerprint density at radius 2 is 1.09 bits per heavy atom. The first-order valence-corrected chi connectivity index (χ1v) is 18.4. The van der Waals surface area contributed by atoms with Crippen LogP contribution in [0.25, 0.3) is 77.7 Å². The Balaban J connectivity index is 1.05. The molecule has 2 aromatic heterocycles. The number of furan rings is 1. The maximum absolute atomic E-state index is 6.78. The van der Waals surface area contributed by atoms with Crippen molar-refractivity contribution in [1.82, 2.24) is 15.0 Å². The zero-order valence-corrected chi connectivity index (χ0v) is 29.2. The fraction of sp³-hybridized carbons (Fsp3) is 0.0816. The molecule has 4 nitrogen and oxygen atoms in total. The molecule has 8 aromatic rings. The number of para-hydroxylation sites is 1. The van der Waals surface area contributed by atoms with Gasteiger partial charge in [0.25, 0.3) is 0 Å². The van der Waals surface area contributed by atoms with Crippen LogP contribution < -0.4 is 0 Å². The van der Waals surface area contributed by atoms with E-state index in [0.717, 1.165) is 81.4 Å². The lowest BCUT2D eigenvalue weighted by molar-refractivity contribution is 0.546. The van der Waals surface area contributed by atoms with Crippen molar-refractivity contribution >= 4 is 32.9 Å². The zero-order valence-electron chi connectivity index (χ0n) is 29.2. The number of benzene rings is 6. The van der Waals surface area contributed by atoms with E-state index in [1.54, 1.807) is 0 Å². The molecule has 53 heavy (non-hydrogen) atoms. The van der Waals surface area contributed by atoms with E-state index >= 15 is 0 Å². The highest BCUT2D eigenvalue weighted by atomic mass is 16.3.